The third-order valence-corrected chi connectivity index (χ3v) is 4.32. The number of carbonyl (C=O) groups is 2. The lowest BCUT2D eigenvalue weighted by atomic mass is 10.2. The number of hydrogen-bond acceptors (Lipinski definition) is 5. The lowest BCUT2D eigenvalue weighted by molar-refractivity contribution is 0.0725. The Bertz CT molecular complexity index is 1060. The van der Waals surface area contributed by atoms with Crippen molar-refractivity contribution in [2.75, 3.05) is 0 Å². The van der Waals surface area contributed by atoms with Crippen molar-refractivity contribution in [2.45, 2.75) is 0 Å². The molecule has 5 heteroatoms. The summed E-state index contributed by atoms with van der Waals surface area (Å²) in [6.45, 7) is 0. The Morgan fingerprint density at radius 2 is 0.774 bits per heavy atom. The number of benzene rings is 4. The van der Waals surface area contributed by atoms with Crippen LogP contribution in [0.5, 0.6) is 23.0 Å². The van der Waals surface area contributed by atoms with Crippen LogP contribution in [0.25, 0.3) is 0 Å². The van der Waals surface area contributed by atoms with E-state index in [4.69, 9.17) is 14.2 Å². The van der Waals surface area contributed by atoms with Gasteiger partial charge in [-0.1, -0.05) is 36.4 Å². The molecule has 31 heavy (non-hydrogen) atoms. The molecule has 0 atom stereocenters. The zero-order valence-electron chi connectivity index (χ0n) is 16.4. The molecule has 0 aliphatic carbocycles. The topological polar surface area (TPSA) is 61.8 Å². The number of hydrogen-bond donors (Lipinski definition) is 0. The second kappa shape index (κ2) is 9.41. The van der Waals surface area contributed by atoms with Gasteiger partial charge in [0.05, 0.1) is 11.1 Å². The first kappa shape index (κ1) is 19.9. The standard InChI is InChI=1S/C26H18O5/c27-25(30-21-7-3-1-4-8-21)19-11-15-23(16-12-19)29-24-17-13-20(14-18-24)26(28)31-22-9-5-2-6-10-22/h1-18H. The Morgan fingerprint density at radius 1 is 0.419 bits per heavy atom. The molecule has 0 spiro atoms. The number of ether oxygens (including phenoxy) is 3. The fraction of sp³-hybridized carbons (Fsp3) is 0. The van der Waals surface area contributed by atoms with E-state index in [1.807, 2.05) is 12.1 Å². The fourth-order valence-corrected chi connectivity index (χ4v) is 2.76. The van der Waals surface area contributed by atoms with Crippen LogP contribution in [0.4, 0.5) is 0 Å². The minimum atomic E-state index is -0.445. The van der Waals surface area contributed by atoms with Crippen molar-refractivity contribution in [1.82, 2.24) is 0 Å². The summed E-state index contributed by atoms with van der Waals surface area (Å²) < 4.78 is 16.4. The van der Waals surface area contributed by atoms with Gasteiger partial charge in [-0.2, -0.15) is 0 Å². The van der Waals surface area contributed by atoms with E-state index in [2.05, 4.69) is 0 Å². The quantitative estimate of drug-likeness (QED) is 0.292. The molecule has 0 bridgehead atoms. The normalized spacial score (nSPS) is 10.2. The molecule has 152 valence electrons. The maximum atomic E-state index is 12.2. The van der Waals surface area contributed by atoms with Crippen molar-refractivity contribution in [2.24, 2.45) is 0 Å². The molecule has 4 aromatic carbocycles. The van der Waals surface area contributed by atoms with Gasteiger partial charge in [-0.25, -0.2) is 9.59 Å². The first-order valence-electron chi connectivity index (χ1n) is 9.60. The highest BCUT2D eigenvalue weighted by Crippen LogP contribution is 2.23. The molecule has 0 aliphatic rings. The minimum Gasteiger partial charge on any atom is -0.457 e. The number of para-hydroxylation sites is 2. The van der Waals surface area contributed by atoms with Gasteiger partial charge in [-0.3, -0.25) is 0 Å². The van der Waals surface area contributed by atoms with Crippen molar-refractivity contribution in [1.29, 1.82) is 0 Å². The molecular formula is C26H18O5. The summed E-state index contributed by atoms with van der Waals surface area (Å²) in [6, 6.07) is 31.0. The first-order chi connectivity index (χ1) is 15.2. The number of rotatable bonds is 6. The van der Waals surface area contributed by atoms with Crippen LogP contribution in [0.1, 0.15) is 20.7 Å². The van der Waals surface area contributed by atoms with Gasteiger partial charge in [-0.15, -0.1) is 0 Å². The van der Waals surface area contributed by atoms with Gasteiger partial charge < -0.3 is 14.2 Å². The highest BCUT2D eigenvalue weighted by atomic mass is 16.5. The maximum absolute atomic E-state index is 12.2. The molecule has 0 amide bonds. The van der Waals surface area contributed by atoms with Gasteiger partial charge in [0.25, 0.3) is 0 Å². The summed E-state index contributed by atoms with van der Waals surface area (Å²) >= 11 is 0. The summed E-state index contributed by atoms with van der Waals surface area (Å²) in [5.74, 6) is 1.18. The monoisotopic (exact) mass is 410 g/mol. The second-order valence-electron chi connectivity index (χ2n) is 6.56. The van der Waals surface area contributed by atoms with E-state index in [1.54, 1.807) is 97.1 Å². The molecule has 0 heterocycles. The van der Waals surface area contributed by atoms with Gasteiger partial charge in [0.15, 0.2) is 0 Å². The molecule has 0 aliphatic heterocycles. The highest BCUT2D eigenvalue weighted by molar-refractivity contribution is 5.91. The fourth-order valence-electron chi connectivity index (χ4n) is 2.76. The smallest absolute Gasteiger partial charge is 0.343 e. The predicted molar refractivity (Wildman–Crippen MR) is 116 cm³/mol. The predicted octanol–water partition coefficient (Wildman–Crippen LogP) is 5.92. The van der Waals surface area contributed by atoms with Crippen LogP contribution in [-0.4, -0.2) is 11.9 Å². The van der Waals surface area contributed by atoms with E-state index < -0.39 is 11.9 Å². The third-order valence-electron chi connectivity index (χ3n) is 4.32. The van der Waals surface area contributed by atoms with Crippen molar-refractivity contribution in [3.05, 3.63) is 120 Å². The molecule has 5 nitrogen and oxygen atoms in total. The SMILES string of the molecule is O=C(Oc1ccccc1)c1ccc(Oc2ccc(C(=O)Oc3ccccc3)cc2)cc1. The Morgan fingerprint density at radius 3 is 1.13 bits per heavy atom. The van der Waals surface area contributed by atoms with E-state index in [0.717, 1.165) is 0 Å². The van der Waals surface area contributed by atoms with Crippen molar-refractivity contribution in [3.63, 3.8) is 0 Å². The Balaban J connectivity index is 1.36. The van der Waals surface area contributed by atoms with E-state index in [-0.39, 0.29) is 0 Å². The largest absolute Gasteiger partial charge is 0.457 e. The van der Waals surface area contributed by atoms with Gasteiger partial charge in [-0.05, 0) is 72.8 Å². The zero-order chi connectivity index (χ0) is 21.5. The minimum absolute atomic E-state index is 0.412. The summed E-state index contributed by atoms with van der Waals surface area (Å²) in [5.41, 5.74) is 0.824. The van der Waals surface area contributed by atoms with Crippen molar-refractivity contribution < 1.29 is 23.8 Å². The van der Waals surface area contributed by atoms with Crippen LogP contribution < -0.4 is 14.2 Å². The molecule has 0 radical (unpaired) electrons. The van der Waals surface area contributed by atoms with Crippen LogP contribution in [-0.2, 0) is 0 Å². The molecule has 0 aromatic heterocycles. The van der Waals surface area contributed by atoms with E-state index in [0.29, 0.717) is 34.1 Å². The molecule has 0 saturated heterocycles. The summed E-state index contributed by atoms with van der Waals surface area (Å²) in [6.07, 6.45) is 0. The van der Waals surface area contributed by atoms with E-state index in [1.165, 1.54) is 0 Å². The van der Waals surface area contributed by atoms with Crippen molar-refractivity contribution >= 4 is 11.9 Å². The Hall–Kier alpha value is -4.38. The van der Waals surface area contributed by atoms with Crippen LogP contribution >= 0.6 is 0 Å². The second-order valence-corrected chi connectivity index (χ2v) is 6.56. The van der Waals surface area contributed by atoms with Gasteiger partial charge in [0, 0.05) is 0 Å². The molecule has 0 unspecified atom stereocenters. The van der Waals surface area contributed by atoms with Gasteiger partial charge in [0.1, 0.15) is 23.0 Å². The molecule has 0 N–H and O–H groups in total. The highest BCUT2D eigenvalue weighted by Gasteiger charge is 2.10. The van der Waals surface area contributed by atoms with E-state index >= 15 is 0 Å². The van der Waals surface area contributed by atoms with E-state index in [9.17, 15) is 9.59 Å². The molecule has 4 rings (SSSR count). The number of carbonyl (C=O) groups excluding carboxylic acids is 2. The van der Waals surface area contributed by atoms with Crippen LogP contribution in [0, 0.1) is 0 Å². The first-order valence-corrected chi connectivity index (χ1v) is 9.60. The van der Waals surface area contributed by atoms with Gasteiger partial charge in [0.2, 0.25) is 0 Å². The average Bonchev–Trinajstić information content (AvgIpc) is 2.81. The molecule has 0 fully saturated rings. The van der Waals surface area contributed by atoms with Crippen LogP contribution in [0.2, 0.25) is 0 Å². The Kier molecular flexibility index (Phi) is 6.05. The maximum Gasteiger partial charge on any atom is 0.343 e. The molecular weight excluding hydrogens is 392 g/mol. The zero-order valence-corrected chi connectivity index (χ0v) is 16.4. The molecule has 4 aromatic rings. The third kappa shape index (κ3) is 5.36. The lowest BCUT2D eigenvalue weighted by Crippen LogP contribution is -2.08. The average molecular weight is 410 g/mol. The Labute approximate surface area is 179 Å². The summed E-state index contributed by atoms with van der Waals surface area (Å²) in [7, 11) is 0. The summed E-state index contributed by atoms with van der Waals surface area (Å²) in [5, 5.41) is 0. The van der Waals surface area contributed by atoms with Gasteiger partial charge >= 0.3 is 11.9 Å². The van der Waals surface area contributed by atoms with Crippen LogP contribution in [0.15, 0.2) is 109 Å². The van der Waals surface area contributed by atoms with Crippen molar-refractivity contribution in [3.8, 4) is 23.0 Å². The molecule has 0 saturated carbocycles. The lowest BCUT2D eigenvalue weighted by Gasteiger charge is -2.08. The number of esters is 2. The van der Waals surface area contributed by atoms with Crippen LogP contribution in [0.3, 0.4) is 0 Å². The summed E-state index contributed by atoms with van der Waals surface area (Å²) in [4.78, 5) is 24.4.